The number of rotatable bonds is 4. The van der Waals surface area contributed by atoms with Gasteiger partial charge in [0.05, 0.1) is 5.52 Å². The number of hydrogen-bond acceptors (Lipinski definition) is 2. The maximum absolute atomic E-state index is 13.8. The van der Waals surface area contributed by atoms with Gasteiger partial charge in [0, 0.05) is 27.7 Å². The molecule has 150 valence electrons. The van der Waals surface area contributed by atoms with Crippen LogP contribution in [0.3, 0.4) is 0 Å². The van der Waals surface area contributed by atoms with Crippen molar-refractivity contribution >= 4 is 32.7 Å². The lowest BCUT2D eigenvalue weighted by Crippen LogP contribution is -2.39. The van der Waals surface area contributed by atoms with Crippen molar-refractivity contribution in [3.8, 4) is 0 Å². The van der Waals surface area contributed by atoms with Gasteiger partial charge in [-0.1, -0.05) is 15.9 Å². The smallest absolute Gasteiger partial charge is 0.251 e. The molecule has 1 saturated carbocycles. The van der Waals surface area contributed by atoms with Crippen molar-refractivity contribution in [2.24, 2.45) is 5.92 Å². The number of halogens is 2. The summed E-state index contributed by atoms with van der Waals surface area (Å²) in [5, 5.41) is 4.09. The molecule has 1 amide bonds. The number of nitrogens with one attached hydrogen (secondary N) is 1. The van der Waals surface area contributed by atoms with Crippen LogP contribution in [0.15, 0.2) is 59.2 Å². The average Bonchev–Trinajstić information content (AvgIpc) is 2.74. The first-order valence-corrected chi connectivity index (χ1v) is 10.9. The normalized spacial score (nSPS) is 20.4. The van der Waals surface area contributed by atoms with E-state index in [9.17, 15) is 9.18 Å². The lowest BCUT2D eigenvalue weighted by molar-refractivity contribution is 0.0918. The molecule has 1 N–H and O–H groups in total. The van der Waals surface area contributed by atoms with Gasteiger partial charge >= 0.3 is 0 Å². The van der Waals surface area contributed by atoms with Crippen molar-refractivity contribution in [1.29, 1.82) is 0 Å². The predicted octanol–water partition coefficient (Wildman–Crippen LogP) is 6.23. The average molecular weight is 455 g/mol. The molecule has 4 rings (SSSR count). The molecule has 0 aliphatic heterocycles. The van der Waals surface area contributed by atoms with E-state index < -0.39 is 0 Å². The summed E-state index contributed by atoms with van der Waals surface area (Å²) < 4.78 is 14.7. The van der Waals surface area contributed by atoms with E-state index in [1.165, 1.54) is 11.6 Å². The topological polar surface area (TPSA) is 42.0 Å². The zero-order valence-corrected chi connectivity index (χ0v) is 18.0. The molecule has 0 saturated heterocycles. The number of amides is 1. The summed E-state index contributed by atoms with van der Waals surface area (Å²) in [6.45, 7) is 2.10. The number of fused-ring (bicyclic) bond motifs is 1. The van der Waals surface area contributed by atoms with Gasteiger partial charge < -0.3 is 5.32 Å². The fraction of sp³-hybridized carbons (Fsp3) is 0.333. The third kappa shape index (κ3) is 4.50. The third-order valence-corrected chi connectivity index (χ3v) is 6.65. The summed E-state index contributed by atoms with van der Waals surface area (Å²) in [6, 6.07) is 14.4. The SMILES string of the molecule is C[C@@H](NC(=O)c1ccc(Br)cc1)[C@H]1CC[C@H](c2ccnc3ccc(F)cc32)CC1. The van der Waals surface area contributed by atoms with Gasteiger partial charge in [0.15, 0.2) is 0 Å². The Morgan fingerprint density at radius 3 is 2.55 bits per heavy atom. The number of carbonyl (C=O) groups excluding carboxylic acids is 1. The van der Waals surface area contributed by atoms with E-state index in [1.807, 2.05) is 36.5 Å². The summed E-state index contributed by atoms with van der Waals surface area (Å²) >= 11 is 3.40. The fourth-order valence-electron chi connectivity index (χ4n) is 4.44. The first kappa shape index (κ1) is 20.0. The quantitative estimate of drug-likeness (QED) is 0.507. The molecule has 3 nitrogen and oxygen atoms in total. The van der Waals surface area contributed by atoms with E-state index in [0.29, 0.717) is 17.4 Å². The Labute approximate surface area is 178 Å². The van der Waals surface area contributed by atoms with E-state index in [2.05, 4.69) is 33.2 Å². The van der Waals surface area contributed by atoms with Gasteiger partial charge in [-0.2, -0.15) is 0 Å². The van der Waals surface area contributed by atoms with Crippen molar-refractivity contribution < 1.29 is 9.18 Å². The molecule has 0 radical (unpaired) electrons. The predicted molar refractivity (Wildman–Crippen MR) is 117 cm³/mol. The van der Waals surface area contributed by atoms with Crippen molar-refractivity contribution in [2.75, 3.05) is 0 Å². The standard InChI is InChI=1S/C24H24BrFN2O/c1-15(28-24(29)18-6-8-19(25)9-7-18)16-2-4-17(5-3-16)21-12-13-27-23-11-10-20(26)14-22(21)23/h6-17H,2-5H2,1H3,(H,28,29)/t15-,16-,17-/m1/s1. The van der Waals surface area contributed by atoms with Crippen molar-refractivity contribution in [3.63, 3.8) is 0 Å². The zero-order valence-electron chi connectivity index (χ0n) is 16.4. The maximum Gasteiger partial charge on any atom is 0.251 e. The van der Waals surface area contributed by atoms with Crippen LogP contribution in [0.2, 0.25) is 0 Å². The van der Waals surface area contributed by atoms with E-state index >= 15 is 0 Å². The molecule has 1 aromatic heterocycles. The number of benzene rings is 2. The Morgan fingerprint density at radius 2 is 1.83 bits per heavy atom. The number of aromatic nitrogens is 1. The summed E-state index contributed by atoms with van der Waals surface area (Å²) in [5.74, 6) is 0.621. The molecule has 1 aliphatic rings. The zero-order chi connectivity index (χ0) is 20.4. The van der Waals surface area contributed by atoms with Gasteiger partial charge in [-0.15, -0.1) is 0 Å². The van der Waals surface area contributed by atoms with Gasteiger partial charge in [-0.05, 0) is 98.5 Å². The molecule has 2 aromatic carbocycles. The molecule has 3 aromatic rings. The highest BCUT2D eigenvalue weighted by atomic mass is 79.9. The fourth-order valence-corrected chi connectivity index (χ4v) is 4.70. The lowest BCUT2D eigenvalue weighted by atomic mass is 9.75. The first-order valence-electron chi connectivity index (χ1n) is 10.1. The number of pyridine rings is 1. The summed E-state index contributed by atoms with van der Waals surface area (Å²) in [6.07, 6.45) is 6.00. The monoisotopic (exact) mass is 454 g/mol. The van der Waals surface area contributed by atoms with Crippen molar-refractivity contribution in [1.82, 2.24) is 10.3 Å². The van der Waals surface area contributed by atoms with Crippen LogP contribution in [0.25, 0.3) is 10.9 Å². The van der Waals surface area contributed by atoms with Crippen LogP contribution in [-0.2, 0) is 0 Å². The lowest BCUT2D eigenvalue weighted by Gasteiger charge is -2.33. The van der Waals surface area contributed by atoms with Crippen LogP contribution in [0.4, 0.5) is 4.39 Å². The van der Waals surface area contributed by atoms with Gasteiger partial charge in [-0.25, -0.2) is 4.39 Å². The second kappa shape index (κ2) is 8.62. The van der Waals surface area contributed by atoms with E-state index in [0.717, 1.165) is 41.1 Å². The summed E-state index contributed by atoms with van der Waals surface area (Å²) in [4.78, 5) is 16.9. The van der Waals surface area contributed by atoms with Gasteiger partial charge in [-0.3, -0.25) is 9.78 Å². The minimum absolute atomic E-state index is 0.0253. The Balaban J connectivity index is 1.40. The first-order chi connectivity index (χ1) is 14.0. The third-order valence-electron chi connectivity index (χ3n) is 6.12. The van der Waals surface area contributed by atoms with Crippen molar-refractivity contribution in [2.45, 2.75) is 44.6 Å². The van der Waals surface area contributed by atoms with Crippen LogP contribution in [0, 0.1) is 11.7 Å². The highest BCUT2D eigenvalue weighted by Crippen LogP contribution is 2.39. The highest BCUT2D eigenvalue weighted by molar-refractivity contribution is 9.10. The van der Waals surface area contributed by atoms with Gasteiger partial charge in [0.25, 0.3) is 5.91 Å². The largest absolute Gasteiger partial charge is 0.349 e. The second-order valence-electron chi connectivity index (χ2n) is 7.94. The van der Waals surface area contributed by atoms with E-state index in [4.69, 9.17) is 0 Å². The van der Waals surface area contributed by atoms with E-state index in [1.54, 1.807) is 12.1 Å². The molecule has 29 heavy (non-hydrogen) atoms. The minimum Gasteiger partial charge on any atom is -0.349 e. The van der Waals surface area contributed by atoms with Crippen LogP contribution >= 0.6 is 15.9 Å². The highest BCUT2D eigenvalue weighted by Gasteiger charge is 2.28. The van der Waals surface area contributed by atoms with Crippen molar-refractivity contribution in [3.05, 3.63) is 76.1 Å². The molecular formula is C24H24BrFN2O. The molecule has 1 atom stereocenters. The maximum atomic E-state index is 13.8. The second-order valence-corrected chi connectivity index (χ2v) is 8.86. The molecule has 1 heterocycles. The van der Waals surface area contributed by atoms with Crippen LogP contribution < -0.4 is 5.32 Å². The molecule has 0 unspecified atom stereocenters. The summed E-state index contributed by atoms with van der Waals surface area (Å²) in [7, 11) is 0. The minimum atomic E-state index is -0.218. The Hall–Kier alpha value is -2.27. The molecule has 0 spiro atoms. The van der Waals surface area contributed by atoms with Gasteiger partial charge in [0.1, 0.15) is 5.82 Å². The molecule has 1 fully saturated rings. The number of nitrogens with zero attached hydrogens (tertiary/aromatic N) is 1. The number of carbonyl (C=O) groups is 1. The Morgan fingerprint density at radius 1 is 1.10 bits per heavy atom. The van der Waals surface area contributed by atoms with Crippen LogP contribution in [0.5, 0.6) is 0 Å². The van der Waals surface area contributed by atoms with Crippen LogP contribution in [0.1, 0.15) is 54.4 Å². The molecule has 0 bridgehead atoms. The Bertz CT molecular complexity index is 1010. The van der Waals surface area contributed by atoms with Gasteiger partial charge in [0.2, 0.25) is 0 Å². The van der Waals surface area contributed by atoms with E-state index in [-0.39, 0.29) is 17.8 Å². The number of hydrogen-bond donors (Lipinski definition) is 1. The van der Waals surface area contributed by atoms with Crippen LogP contribution in [-0.4, -0.2) is 16.9 Å². The summed E-state index contributed by atoms with van der Waals surface area (Å²) in [5.41, 5.74) is 2.72. The molecule has 1 aliphatic carbocycles. The Kier molecular flexibility index (Phi) is 5.95. The molecular weight excluding hydrogens is 431 g/mol. The molecule has 5 heteroatoms.